The summed E-state index contributed by atoms with van der Waals surface area (Å²) in [6, 6.07) is 8.75. The summed E-state index contributed by atoms with van der Waals surface area (Å²) in [5.41, 5.74) is 5.67. The van der Waals surface area contributed by atoms with Crippen LogP contribution >= 0.6 is 0 Å². The van der Waals surface area contributed by atoms with E-state index in [0.29, 0.717) is 6.54 Å². The molecule has 0 aromatic heterocycles. The summed E-state index contributed by atoms with van der Waals surface area (Å²) in [6.45, 7) is 5.86. The topological polar surface area (TPSA) is 67.8 Å². The minimum atomic E-state index is -0.0546. The van der Waals surface area contributed by atoms with Crippen LogP contribution in [0.15, 0.2) is 59.6 Å². The molecular formula is C23H30N4O2. The van der Waals surface area contributed by atoms with Crippen molar-refractivity contribution >= 4 is 5.91 Å². The molecule has 0 aliphatic carbocycles. The predicted molar refractivity (Wildman–Crippen MR) is 113 cm³/mol. The maximum absolute atomic E-state index is 11.9. The van der Waals surface area contributed by atoms with Crippen molar-refractivity contribution in [1.82, 2.24) is 20.4 Å². The number of allylic oxidation sites excluding steroid dienone is 1. The van der Waals surface area contributed by atoms with Crippen molar-refractivity contribution in [3.8, 4) is 0 Å². The van der Waals surface area contributed by atoms with Gasteiger partial charge in [0.1, 0.15) is 6.17 Å². The van der Waals surface area contributed by atoms with Gasteiger partial charge in [-0.3, -0.25) is 9.69 Å². The van der Waals surface area contributed by atoms with Gasteiger partial charge in [0.25, 0.3) is 0 Å². The highest BCUT2D eigenvalue weighted by atomic mass is 16.3. The van der Waals surface area contributed by atoms with Gasteiger partial charge in [-0.15, -0.1) is 0 Å². The number of unbranched alkanes of at least 4 members (excludes halogenated alkanes) is 1. The minimum Gasteiger partial charge on any atom is -0.395 e. The lowest BCUT2D eigenvalue weighted by Crippen LogP contribution is -2.38. The maximum atomic E-state index is 11.9. The second-order valence-corrected chi connectivity index (χ2v) is 7.86. The molecule has 3 aliphatic heterocycles. The molecule has 6 heteroatoms. The first-order valence-corrected chi connectivity index (χ1v) is 10.6. The quantitative estimate of drug-likeness (QED) is 0.632. The van der Waals surface area contributed by atoms with Gasteiger partial charge < -0.3 is 20.6 Å². The molecule has 1 aromatic carbocycles. The minimum absolute atomic E-state index is 0.0546. The molecule has 3 aliphatic rings. The molecule has 0 spiro atoms. The Labute approximate surface area is 172 Å². The lowest BCUT2D eigenvalue weighted by atomic mass is 10.0. The van der Waals surface area contributed by atoms with Crippen LogP contribution in [-0.4, -0.2) is 47.1 Å². The van der Waals surface area contributed by atoms with E-state index in [2.05, 4.69) is 51.6 Å². The van der Waals surface area contributed by atoms with Crippen molar-refractivity contribution in [1.29, 1.82) is 0 Å². The van der Waals surface area contributed by atoms with Gasteiger partial charge in [-0.1, -0.05) is 37.6 Å². The number of amides is 1. The number of hydrogen-bond donors (Lipinski definition) is 3. The Kier molecular flexibility index (Phi) is 6.02. The molecule has 3 N–H and O–H groups in total. The molecule has 0 bridgehead atoms. The van der Waals surface area contributed by atoms with Crippen LogP contribution in [0.5, 0.6) is 0 Å². The molecule has 0 fully saturated rings. The van der Waals surface area contributed by atoms with E-state index in [1.54, 1.807) is 6.08 Å². The lowest BCUT2D eigenvalue weighted by molar-refractivity contribution is -0.115. The fourth-order valence-corrected chi connectivity index (χ4v) is 4.30. The normalized spacial score (nSPS) is 20.4. The predicted octanol–water partition coefficient (Wildman–Crippen LogP) is 2.37. The number of aliphatic hydroxyl groups is 1. The first-order chi connectivity index (χ1) is 14.2. The second kappa shape index (κ2) is 8.84. The standard InChI is InChI=1S/C23H30N4O2/c1-2-3-11-26(13-14-28)16-17-4-6-18(7-5-17)23-24-15-19-8-9-21(29)25-20-10-12-27(23)22(19)20/h4-9,15,23-24,28H,2-3,10-14,16H2,1H3,(H,25,29). The number of rotatable bonds is 8. The number of nitrogens with one attached hydrogen (secondary N) is 2. The van der Waals surface area contributed by atoms with E-state index in [1.165, 1.54) is 11.1 Å². The number of carbonyl (C=O) groups excluding carboxylic acids is 1. The van der Waals surface area contributed by atoms with E-state index in [9.17, 15) is 9.90 Å². The zero-order valence-corrected chi connectivity index (χ0v) is 17.0. The van der Waals surface area contributed by atoms with E-state index in [0.717, 1.165) is 55.9 Å². The maximum Gasteiger partial charge on any atom is 0.248 e. The third kappa shape index (κ3) is 4.23. The average molecular weight is 395 g/mol. The SMILES string of the molecule is CCCCN(CCO)Cc1ccc(C2NC=C3C=CC(=O)NC4=C3N2CC4)cc1. The smallest absolute Gasteiger partial charge is 0.248 e. The molecule has 1 atom stereocenters. The number of aliphatic hydroxyl groups excluding tert-OH is 1. The summed E-state index contributed by atoms with van der Waals surface area (Å²) >= 11 is 0. The highest BCUT2D eigenvalue weighted by Gasteiger charge is 2.34. The molecule has 0 radical (unpaired) electrons. The van der Waals surface area contributed by atoms with Gasteiger partial charge in [0.05, 0.1) is 12.3 Å². The summed E-state index contributed by atoms with van der Waals surface area (Å²) in [5.74, 6) is -0.0546. The molecule has 6 nitrogen and oxygen atoms in total. The number of benzene rings is 1. The Morgan fingerprint density at radius 1 is 1.21 bits per heavy atom. The Morgan fingerprint density at radius 3 is 2.79 bits per heavy atom. The molecule has 3 heterocycles. The Morgan fingerprint density at radius 2 is 2.03 bits per heavy atom. The molecule has 1 amide bonds. The molecular weight excluding hydrogens is 364 g/mol. The summed E-state index contributed by atoms with van der Waals surface area (Å²) in [4.78, 5) is 16.5. The van der Waals surface area contributed by atoms with Crippen LogP contribution in [0.4, 0.5) is 0 Å². The third-order valence-corrected chi connectivity index (χ3v) is 5.79. The van der Waals surface area contributed by atoms with Crippen molar-refractivity contribution in [3.05, 3.63) is 70.7 Å². The van der Waals surface area contributed by atoms with Gasteiger partial charge in [0.15, 0.2) is 0 Å². The van der Waals surface area contributed by atoms with E-state index < -0.39 is 0 Å². The van der Waals surface area contributed by atoms with Crippen LogP contribution in [0.3, 0.4) is 0 Å². The molecule has 1 aromatic rings. The van der Waals surface area contributed by atoms with Crippen molar-refractivity contribution in [2.24, 2.45) is 0 Å². The molecule has 0 saturated carbocycles. The fourth-order valence-electron chi connectivity index (χ4n) is 4.30. The van der Waals surface area contributed by atoms with Gasteiger partial charge in [0, 0.05) is 49.6 Å². The number of carbonyl (C=O) groups is 1. The summed E-state index contributed by atoms with van der Waals surface area (Å²) in [6.07, 6.45) is 8.72. The van der Waals surface area contributed by atoms with Crippen LogP contribution in [-0.2, 0) is 11.3 Å². The molecule has 29 heavy (non-hydrogen) atoms. The first-order valence-electron chi connectivity index (χ1n) is 10.6. The fraction of sp³-hybridized carbons (Fsp3) is 0.435. The Balaban J connectivity index is 1.49. The van der Waals surface area contributed by atoms with Crippen molar-refractivity contribution in [3.63, 3.8) is 0 Å². The monoisotopic (exact) mass is 394 g/mol. The molecule has 1 unspecified atom stereocenters. The van der Waals surface area contributed by atoms with Gasteiger partial charge >= 0.3 is 0 Å². The summed E-state index contributed by atoms with van der Waals surface area (Å²) in [7, 11) is 0. The highest BCUT2D eigenvalue weighted by molar-refractivity contribution is 5.90. The highest BCUT2D eigenvalue weighted by Crippen LogP contribution is 2.38. The van der Waals surface area contributed by atoms with Gasteiger partial charge in [-0.25, -0.2) is 0 Å². The third-order valence-electron chi connectivity index (χ3n) is 5.79. The van der Waals surface area contributed by atoms with Crippen LogP contribution in [0.2, 0.25) is 0 Å². The number of nitrogens with zero attached hydrogens (tertiary/aromatic N) is 2. The zero-order chi connectivity index (χ0) is 20.2. The summed E-state index contributed by atoms with van der Waals surface area (Å²) in [5, 5.41) is 15.9. The number of hydrogen-bond acceptors (Lipinski definition) is 5. The molecule has 154 valence electrons. The second-order valence-electron chi connectivity index (χ2n) is 7.86. The van der Waals surface area contributed by atoms with Crippen LogP contribution in [0.25, 0.3) is 0 Å². The van der Waals surface area contributed by atoms with E-state index in [4.69, 9.17) is 0 Å². The largest absolute Gasteiger partial charge is 0.395 e. The van der Waals surface area contributed by atoms with Crippen LogP contribution in [0, 0.1) is 0 Å². The van der Waals surface area contributed by atoms with Crippen LogP contribution in [0.1, 0.15) is 43.5 Å². The van der Waals surface area contributed by atoms with Gasteiger partial charge in [0.2, 0.25) is 5.91 Å². The van der Waals surface area contributed by atoms with E-state index in [-0.39, 0.29) is 18.7 Å². The van der Waals surface area contributed by atoms with Crippen molar-refractivity contribution in [2.75, 3.05) is 26.2 Å². The molecule has 4 rings (SSSR count). The average Bonchev–Trinajstić information content (AvgIpc) is 3.07. The Hall–Kier alpha value is -2.57. The van der Waals surface area contributed by atoms with Gasteiger partial charge in [-0.05, 0) is 30.2 Å². The Bertz CT molecular complexity index is 841. The zero-order valence-electron chi connectivity index (χ0n) is 17.0. The van der Waals surface area contributed by atoms with Crippen molar-refractivity contribution < 1.29 is 9.90 Å². The van der Waals surface area contributed by atoms with E-state index in [1.807, 2.05) is 12.3 Å². The molecule has 0 saturated heterocycles. The van der Waals surface area contributed by atoms with Crippen LogP contribution < -0.4 is 10.6 Å². The van der Waals surface area contributed by atoms with Crippen molar-refractivity contribution in [2.45, 2.75) is 38.9 Å². The summed E-state index contributed by atoms with van der Waals surface area (Å²) < 4.78 is 0. The van der Waals surface area contributed by atoms with Gasteiger partial charge in [-0.2, -0.15) is 0 Å². The first kappa shape index (κ1) is 19.7. The lowest BCUT2D eigenvalue weighted by Gasteiger charge is -2.37. The van der Waals surface area contributed by atoms with E-state index >= 15 is 0 Å².